The summed E-state index contributed by atoms with van der Waals surface area (Å²) in [6, 6.07) is 15.1. The van der Waals surface area contributed by atoms with Crippen molar-refractivity contribution in [3.8, 4) is 0 Å². The van der Waals surface area contributed by atoms with Crippen molar-refractivity contribution < 1.29 is 18.8 Å². The van der Waals surface area contributed by atoms with E-state index in [4.69, 9.17) is 4.84 Å². The zero-order valence-electron chi connectivity index (χ0n) is 15.5. The summed E-state index contributed by atoms with van der Waals surface area (Å²) < 4.78 is 14.2. The van der Waals surface area contributed by atoms with Gasteiger partial charge in [0.2, 0.25) is 5.91 Å². The Balaban J connectivity index is 1.70. The summed E-state index contributed by atoms with van der Waals surface area (Å²) in [4.78, 5) is 41.4. The minimum atomic E-state index is -0.642. The van der Waals surface area contributed by atoms with Crippen LogP contribution in [0.5, 0.6) is 0 Å². The number of hydrogen-bond donors (Lipinski definition) is 2. The van der Waals surface area contributed by atoms with Crippen LogP contribution in [0.25, 0.3) is 0 Å². The third-order valence-electron chi connectivity index (χ3n) is 3.88. The van der Waals surface area contributed by atoms with Gasteiger partial charge in [-0.25, -0.2) is 4.39 Å². The molecule has 0 radical (unpaired) electrons. The number of benzene rings is 2. The number of carbonyl (C=O) groups is 2. The van der Waals surface area contributed by atoms with Gasteiger partial charge in [0.05, 0.1) is 0 Å². The molecule has 0 atom stereocenters. The Labute approximate surface area is 165 Å². The van der Waals surface area contributed by atoms with Crippen LogP contribution >= 0.6 is 0 Å². The topological polar surface area (TPSA) is 89.4 Å². The number of halogens is 1. The zero-order valence-corrected chi connectivity index (χ0v) is 15.5. The first-order chi connectivity index (χ1) is 13.9. The average Bonchev–Trinajstić information content (AvgIpc) is 2.68. The van der Waals surface area contributed by atoms with Crippen molar-refractivity contribution in [3.05, 3.63) is 94.2 Å². The predicted octanol–water partition coefficient (Wildman–Crippen LogP) is 2.83. The van der Waals surface area contributed by atoms with Crippen LogP contribution in [0.2, 0.25) is 0 Å². The fraction of sp³-hybridized carbons (Fsp3) is 0.0952. The Kier molecular flexibility index (Phi) is 6.03. The molecular weight excluding hydrogens is 377 g/mol. The van der Waals surface area contributed by atoms with Crippen molar-refractivity contribution >= 4 is 23.2 Å². The molecule has 2 aromatic carbocycles. The van der Waals surface area contributed by atoms with Gasteiger partial charge >= 0.3 is 0 Å². The SMILES string of the molecule is CC(=O)Nc1ccc(NC(=O)c2cccn(OCc3cccc(F)c3)c2=O)cc1. The minimum absolute atomic E-state index is 0.0344. The lowest BCUT2D eigenvalue weighted by atomic mass is 10.2. The molecule has 7 nitrogen and oxygen atoms in total. The van der Waals surface area contributed by atoms with Crippen molar-refractivity contribution in [2.45, 2.75) is 13.5 Å². The third-order valence-corrected chi connectivity index (χ3v) is 3.88. The molecule has 148 valence electrons. The highest BCUT2D eigenvalue weighted by Gasteiger charge is 2.13. The van der Waals surface area contributed by atoms with Gasteiger partial charge in [-0.1, -0.05) is 12.1 Å². The highest BCUT2D eigenvalue weighted by atomic mass is 19.1. The van der Waals surface area contributed by atoms with Gasteiger partial charge in [0.25, 0.3) is 11.5 Å². The fourth-order valence-electron chi connectivity index (χ4n) is 2.56. The van der Waals surface area contributed by atoms with Crippen LogP contribution < -0.4 is 21.0 Å². The number of nitrogens with zero attached hydrogens (tertiary/aromatic N) is 1. The van der Waals surface area contributed by atoms with Crippen molar-refractivity contribution in [2.75, 3.05) is 10.6 Å². The zero-order chi connectivity index (χ0) is 20.8. The smallest absolute Gasteiger partial charge is 0.295 e. The Morgan fingerprint density at radius 1 is 1.00 bits per heavy atom. The summed E-state index contributed by atoms with van der Waals surface area (Å²) in [6.07, 6.45) is 1.38. The van der Waals surface area contributed by atoms with Gasteiger partial charge in [-0.3, -0.25) is 14.4 Å². The number of aromatic nitrogens is 1. The van der Waals surface area contributed by atoms with Gasteiger partial charge in [-0.15, -0.1) is 0 Å². The molecule has 1 heterocycles. The Morgan fingerprint density at radius 2 is 1.69 bits per heavy atom. The molecule has 0 aliphatic heterocycles. The first-order valence-corrected chi connectivity index (χ1v) is 8.71. The standard InChI is InChI=1S/C21H18FN3O4/c1-14(26)23-17-7-9-18(10-8-17)24-20(27)19-6-3-11-25(21(19)28)29-13-15-4-2-5-16(22)12-15/h2-12H,13H2,1H3,(H,23,26)(H,24,27). The molecular formula is C21H18FN3O4. The molecule has 29 heavy (non-hydrogen) atoms. The molecule has 3 rings (SSSR count). The summed E-state index contributed by atoms with van der Waals surface area (Å²) in [5.74, 6) is -1.22. The van der Waals surface area contributed by atoms with Crippen LogP contribution in [-0.4, -0.2) is 16.5 Å². The van der Waals surface area contributed by atoms with Crippen LogP contribution in [0.4, 0.5) is 15.8 Å². The number of amides is 2. The predicted molar refractivity (Wildman–Crippen MR) is 106 cm³/mol. The van der Waals surface area contributed by atoms with Crippen LogP contribution in [0.3, 0.4) is 0 Å². The van der Waals surface area contributed by atoms with Crippen molar-refractivity contribution in [1.82, 2.24) is 4.73 Å². The van der Waals surface area contributed by atoms with E-state index in [-0.39, 0.29) is 18.1 Å². The third kappa shape index (κ3) is 5.29. The van der Waals surface area contributed by atoms with Crippen LogP contribution in [-0.2, 0) is 11.4 Å². The maximum Gasteiger partial charge on any atom is 0.295 e. The van der Waals surface area contributed by atoms with E-state index in [1.165, 1.54) is 43.5 Å². The molecule has 8 heteroatoms. The molecule has 0 spiro atoms. The molecule has 0 aliphatic rings. The molecule has 0 fully saturated rings. The largest absolute Gasteiger partial charge is 0.406 e. The maximum absolute atomic E-state index is 13.2. The lowest BCUT2D eigenvalue weighted by Gasteiger charge is -2.10. The molecule has 2 amide bonds. The second-order valence-electron chi connectivity index (χ2n) is 6.17. The molecule has 3 aromatic rings. The molecule has 0 aliphatic carbocycles. The highest BCUT2D eigenvalue weighted by Crippen LogP contribution is 2.14. The second-order valence-corrected chi connectivity index (χ2v) is 6.17. The van der Waals surface area contributed by atoms with E-state index in [0.717, 1.165) is 4.73 Å². The minimum Gasteiger partial charge on any atom is -0.406 e. The van der Waals surface area contributed by atoms with Gasteiger partial charge in [0.1, 0.15) is 18.0 Å². The first kappa shape index (κ1) is 19.8. The summed E-state index contributed by atoms with van der Waals surface area (Å²) in [5, 5.41) is 5.24. The van der Waals surface area contributed by atoms with Crippen LogP contribution in [0, 0.1) is 5.82 Å². The Morgan fingerprint density at radius 3 is 2.34 bits per heavy atom. The van der Waals surface area contributed by atoms with Crippen molar-refractivity contribution in [2.24, 2.45) is 0 Å². The lowest BCUT2D eigenvalue weighted by Crippen LogP contribution is -2.32. The van der Waals surface area contributed by atoms with Gasteiger partial charge in [-0.2, -0.15) is 4.73 Å². The molecule has 0 unspecified atom stereocenters. The van der Waals surface area contributed by atoms with Crippen LogP contribution in [0.1, 0.15) is 22.8 Å². The number of anilines is 2. The number of hydrogen-bond acceptors (Lipinski definition) is 4. The summed E-state index contributed by atoms with van der Waals surface area (Å²) in [7, 11) is 0. The van der Waals surface area contributed by atoms with E-state index < -0.39 is 17.3 Å². The first-order valence-electron chi connectivity index (χ1n) is 8.71. The maximum atomic E-state index is 13.2. The summed E-state index contributed by atoms with van der Waals surface area (Å²) >= 11 is 0. The second kappa shape index (κ2) is 8.83. The lowest BCUT2D eigenvalue weighted by molar-refractivity contribution is -0.114. The highest BCUT2D eigenvalue weighted by molar-refractivity contribution is 6.04. The average molecular weight is 395 g/mol. The molecule has 2 N–H and O–H groups in total. The Bertz CT molecular complexity index is 1090. The van der Waals surface area contributed by atoms with Gasteiger partial charge in [-0.05, 0) is 54.1 Å². The summed E-state index contributed by atoms with van der Waals surface area (Å²) in [6.45, 7) is 1.36. The molecule has 1 aromatic heterocycles. The molecule has 0 saturated carbocycles. The van der Waals surface area contributed by atoms with Gasteiger partial charge in [0.15, 0.2) is 0 Å². The van der Waals surface area contributed by atoms with E-state index in [9.17, 15) is 18.8 Å². The fourth-order valence-corrected chi connectivity index (χ4v) is 2.56. The number of pyridine rings is 1. The molecule has 0 saturated heterocycles. The van der Waals surface area contributed by atoms with Gasteiger partial charge < -0.3 is 15.5 Å². The number of carbonyl (C=O) groups excluding carboxylic acids is 2. The quantitative estimate of drug-likeness (QED) is 0.672. The monoisotopic (exact) mass is 395 g/mol. The van der Waals surface area contributed by atoms with E-state index >= 15 is 0 Å². The van der Waals surface area contributed by atoms with Crippen LogP contribution in [0.15, 0.2) is 71.7 Å². The van der Waals surface area contributed by atoms with E-state index in [1.54, 1.807) is 30.3 Å². The van der Waals surface area contributed by atoms with Crippen molar-refractivity contribution in [1.29, 1.82) is 0 Å². The van der Waals surface area contributed by atoms with Crippen molar-refractivity contribution in [3.63, 3.8) is 0 Å². The molecule has 0 bridgehead atoms. The normalized spacial score (nSPS) is 10.3. The summed E-state index contributed by atoms with van der Waals surface area (Å²) in [5.41, 5.74) is 0.836. The van der Waals surface area contributed by atoms with E-state index in [1.807, 2.05) is 0 Å². The number of nitrogens with one attached hydrogen (secondary N) is 2. The Hall–Kier alpha value is -3.94. The van der Waals surface area contributed by atoms with E-state index in [0.29, 0.717) is 16.9 Å². The van der Waals surface area contributed by atoms with Gasteiger partial charge in [0, 0.05) is 24.5 Å². The number of rotatable bonds is 6. The van der Waals surface area contributed by atoms with E-state index in [2.05, 4.69) is 10.6 Å².